The lowest BCUT2D eigenvalue weighted by Crippen LogP contribution is -2.37. The fourth-order valence-electron chi connectivity index (χ4n) is 3.44. The predicted octanol–water partition coefficient (Wildman–Crippen LogP) is 2.83. The largest absolute Gasteiger partial charge is 0.325 e. The van der Waals surface area contributed by atoms with Crippen molar-refractivity contribution in [1.82, 2.24) is 0 Å². The maximum absolute atomic E-state index is 12.5. The second kappa shape index (κ2) is 8.24. The Labute approximate surface area is 171 Å². The van der Waals surface area contributed by atoms with Gasteiger partial charge in [0.05, 0.1) is 11.9 Å². The molecule has 0 aliphatic carbocycles. The second-order valence-corrected chi connectivity index (χ2v) is 9.21. The van der Waals surface area contributed by atoms with Gasteiger partial charge in [0.1, 0.15) is 6.54 Å². The number of sulfonamides is 1. The first-order valence-corrected chi connectivity index (χ1v) is 11.3. The SMILES string of the molecule is Cc1ccc(N(CC(=O)Nc2ccc(N3CCCC3=O)cc2)S(C)(=O)=O)c(C)c1. The number of carbonyl (C=O) groups is 2. The van der Waals surface area contributed by atoms with Gasteiger partial charge in [0.15, 0.2) is 0 Å². The van der Waals surface area contributed by atoms with Gasteiger partial charge in [-0.1, -0.05) is 17.7 Å². The van der Waals surface area contributed by atoms with E-state index in [0.29, 0.717) is 24.3 Å². The fourth-order valence-corrected chi connectivity index (χ4v) is 4.36. The van der Waals surface area contributed by atoms with Gasteiger partial charge in [0.2, 0.25) is 21.8 Å². The summed E-state index contributed by atoms with van der Waals surface area (Å²) < 4.78 is 25.7. The zero-order valence-corrected chi connectivity index (χ0v) is 17.6. The third-order valence-corrected chi connectivity index (χ3v) is 5.97. The average Bonchev–Trinajstić information content (AvgIpc) is 3.06. The van der Waals surface area contributed by atoms with Gasteiger partial charge in [-0.05, 0) is 56.2 Å². The molecule has 1 heterocycles. The summed E-state index contributed by atoms with van der Waals surface area (Å²) in [5.74, 6) is -0.348. The van der Waals surface area contributed by atoms with Crippen molar-refractivity contribution in [2.24, 2.45) is 0 Å². The Kier molecular flexibility index (Phi) is 5.93. The number of hydrogen-bond acceptors (Lipinski definition) is 4. The number of aryl methyl sites for hydroxylation is 2. The smallest absolute Gasteiger partial charge is 0.245 e. The van der Waals surface area contributed by atoms with E-state index >= 15 is 0 Å². The molecule has 0 aromatic heterocycles. The summed E-state index contributed by atoms with van der Waals surface area (Å²) in [4.78, 5) is 26.1. The molecule has 8 heteroatoms. The van der Waals surface area contributed by atoms with Crippen molar-refractivity contribution >= 4 is 38.9 Å². The van der Waals surface area contributed by atoms with E-state index in [1.54, 1.807) is 35.2 Å². The van der Waals surface area contributed by atoms with E-state index in [2.05, 4.69) is 5.32 Å². The minimum atomic E-state index is -3.64. The minimum Gasteiger partial charge on any atom is -0.325 e. The van der Waals surface area contributed by atoms with Crippen LogP contribution in [0.15, 0.2) is 42.5 Å². The van der Waals surface area contributed by atoms with Crippen LogP contribution in [0.1, 0.15) is 24.0 Å². The first-order chi connectivity index (χ1) is 13.6. The highest BCUT2D eigenvalue weighted by molar-refractivity contribution is 7.92. The molecule has 0 radical (unpaired) electrons. The van der Waals surface area contributed by atoms with Crippen LogP contribution in [-0.2, 0) is 19.6 Å². The molecule has 0 unspecified atom stereocenters. The molecular weight excluding hydrogens is 390 g/mol. The van der Waals surface area contributed by atoms with Crippen molar-refractivity contribution in [2.45, 2.75) is 26.7 Å². The molecule has 1 aliphatic rings. The first kappa shape index (κ1) is 20.9. The van der Waals surface area contributed by atoms with Gasteiger partial charge >= 0.3 is 0 Å². The molecule has 0 atom stereocenters. The van der Waals surface area contributed by atoms with Crippen LogP contribution in [0, 0.1) is 13.8 Å². The highest BCUT2D eigenvalue weighted by Crippen LogP contribution is 2.25. The Hall–Kier alpha value is -2.87. The van der Waals surface area contributed by atoms with Crippen LogP contribution in [-0.4, -0.2) is 39.6 Å². The van der Waals surface area contributed by atoms with Gasteiger partial charge in [-0.2, -0.15) is 0 Å². The molecule has 0 bridgehead atoms. The van der Waals surface area contributed by atoms with Gasteiger partial charge in [0.25, 0.3) is 0 Å². The molecule has 1 aliphatic heterocycles. The van der Waals surface area contributed by atoms with E-state index in [1.807, 2.05) is 26.0 Å². The summed E-state index contributed by atoms with van der Waals surface area (Å²) >= 11 is 0. The van der Waals surface area contributed by atoms with E-state index < -0.39 is 15.9 Å². The van der Waals surface area contributed by atoms with Crippen molar-refractivity contribution in [3.63, 3.8) is 0 Å². The Bertz CT molecular complexity index is 1030. The molecule has 1 N–H and O–H groups in total. The number of hydrogen-bond donors (Lipinski definition) is 1. The first-order valence-electron chi connectivity index (χ1n) is 9.40. The summed E-state index contributed by atoms with van der Waals surface area (Å²) in [5.41, 5.74) is 3.61. The van der Waals surface area contributed by atoms with E-state index in [1.165, 1.54) is 0 Å². The van der Waals surface area contributed by atoms with Gasteiger partial charge in [-0.15, -0.1) is 0 Å². The lowest BCUT2D eigenvalue weighted by molar-refractivity contribution is -0.117. The molecular formula is C21H25N3O4S. The summed E-state index contributed by atoms with van der Waals surface area (Å²) in [6, 6.07) is 12.4. The van der Waals surface area contributed by atoms with E-state index in [-0.39, 0.29) is 12.5 Å². The average molecular weight is 416 g/mol. The van der Waals surface area contributed by atoms with E-state index in [9.17, 15) is 18.0 Å². The zero-order chi connectivity index (χ0) is 21.2. The van der Waals surface area contributed by atoms with Crippen LogP contribution < -0.4 is 14.5 Å². The number of anilines is 3. The molecule has 2 aromatic carbocycles. The third-order valence-electron chi connectivity index (χ3n) is 4.84. The van der Waals surface area contributed by atoms with Gasteiger partial charge in [0, 0.05) is 24.3 Å². The topological polar surface area (TPSA) is 86.8 Å². The molecule has 0 saturated carbocycles. The molecule has 0 spiro atoms. The summed E-state index contributed by atoms with van der Waals surface area (Å²) in [6.45, 7) is 4.11. The molecule has 7 nitrogen and oxygen atoms in total. The van der Waals surface area contributed by atoms with Gasteiger partial charge in [-0.3, -0.25) is 13.9 Å². The van der Waals surface area contributed by atoms with Crippen molar-refractivity contribution in [1.29, 1.82) is 0 Å². The molecule has 1 saturated heterocycles. The highest BCUT2D eigenvalue weighted by Gasteiger charge is 2.23. The Morgan fingerprint density at radius 2 is 1.83 bits per heavy atom. The molecule has 1 fully saturated rings. The zero-order valence-electron chi connectivity index (χ0n) is 16.8. The second-order valence-electron chi connectivity index (χ2n) is 7.30. The number of rotatable bonds is 6. The summed E-state index contributed by atoms with van der Waals surface area (Å²) in [5, 5.41) is 2.73. The number of carbonyl (C=O) groups excluding carboxylic acids is 2. The quantitative estimate of drug-likeness (QED) is 0.786. The molecule has 2 amide bonds. The lowest BCUT2D eigenvalue weighted by Gasteiger charge is -2.24. The van der Waals surface area contributed by atoms with E-state index in [0.717, 1.165) is 33.8 Å². The van der Waals surface area contributed by atoms with Gasteiger partial charge < -0.3 is 10.2 Å². The van der Waals surface area contributed by atoms with Crippen molar-refractivity contribution < 1.29 is 18.0 Å². The maximum Gasteiger partial charge on any atom is 0.245 e. The van der Waals surface area contributed by atoms with Gasteiger partial charge in [-0.25, -0.2) is 8.42 Å². The van der Waals surface area contributed by atoms with Crippen LogP contribution in [0.4, 0.5) is 17.1 Å². The molecule has 29 heavy (non-hydrogen) atoms. The number of nitrogens with one attached hydrogen (secondary N) is 1. The monoisotopic (exact) mass is 415 g/mol. The molecule has 2 aromatic rings. The molecule has 154 valence electrons. The number of benzene rings is 2. The Morgan fingerprint density at radius 3 is 2.38 bits per heavy atom. The van der Waals surface area contributed by atoms with Crippen molar-refractivity contribution in [2.75, 3.05) is 33.9 Å². The standard InChI is InChI=1S/C21H25N3O4S/c1-15-6-11-19(16(2)13-15)24(29(3,27)28)14-20(25)22-17-7-9-18(10-8-17)23-12-4-5-21(23)26/h6-11,13H,4-5,12,14H2,1-3H3,(H,22,25). The normalized spacial score (nSPS) is 14.2. The maximum atomic E-state index is 12.5. The summed E-state index contributed by atoms with van der Waals surface area (Å²) in [7, 11) is -3.64. The summed E-state index contributed by atoms with van der Waals surface area (Å²) in [6.07, 6.45) is 2.48. The van der Waals surface area contributed by atoms with Crippen LogP contribution in [0.2, 0.25) is 0 Å². The highest BCUT2D eigenvalue weighted by atomic mass is 32.2. The predicted molar refractivity (Wildman–Crippen MR) is 115 cm³/mol. The van der Waals surface area contributed by atoms with Crippen molar-refractivity contribution in [3.05, 3.63) is 53.6 Å². The van der Waals surface area contributed by atoms with Crippen molar-refractivity contribution in [3.8, 4) is 0 Å². The lowest BCUT2D eigenvalue weighted by atomic mass is 10.1. The minimum absolute atomic E-state index is 0.0963. The van der Waals surface area contributed by atoms with Crippen LogP contribution in [0.3, 0.4) is 0 Å². The van der Waals surface area contributed by atoms with Crippen LogP contribution >= 0.6 is 0 Å². The van der Waals surface area contributed by atoms with Crippen LogP contribution in [0.5, 0.6) is 0 Å². The Balaban J connectivity index is 1.73. The fraction of sp³-hybridized carbons (Fsp3) is 0.333. The van der Waals surface area contributed by atoms with Crippen LogP contribution in [0.25, 0.3) is 0 Å². The number of nitrogens with zero attached hydrogens (tertiary/aromatic N) is 2. The Morgan fingerprint density at radius 1 is 1.14 bits per heavy atom. The van der Waals surface area contributed by atoms with E-state index in [4.69, 9.17) is 0 Å². The molecule has 3 rings (SSSR count). The third kappa shape index (κ3) is 4.95. The number of amides is 2.